The van der Waals surface area contributed by atoms with Gasteiger partial charge in [-0.05, 0) is 40.2 Å². The number of ether oxygens (including phenoxy) is 1. The normalized spacial score (nSPS) is 9.93. The van der Waals surface area contributed by atoms with E-state index in [4.69, 9.17) is 10.00 Å². The van der Waals surface area contributed by atoms with Crippen LogP contribution in [0.5, 0.6) is 0 Å². The molecule has 0 N–H and O–H groups in total. The average molecular weight is 432 g/mol. The molecule has 2 aromatic rings. The van der Waals surface area contributed by atoms with Gasteiger partial charge in [-0.2, -0.15) is 5.26 Å². The van der Waals surface area contributed by atoms with Gasteiger partial charge in [0.2, 0.25) is 0 Å². The maximum Gasteiger partial charge on any atom is 0.338 e. The van der Waals surface area contributed by atoms with Gasteiger partial charge >= 0.3 is 5.97 Å². The number of para-hydroxylation sites is 1. The highest BCUT2D eigenvalue weighted by atomic mass is 79.9. The Morgan fingerprint density at radius 1 is 1.22 bits per heavy atom. The molecule has 0 saturated heterocycles. The number of halogens is 1. The summed E-state index contributed by atoms with van der Waals surface area (Å²) in [6.45, 7) is -0.399. The topological polar surface area (TPSA) is 114 Å². The number of anilines is 1. The summed E-state index contributed by atoms with van der Waals surface area (Å²) >= 11 is 3.03. The summed E-state index contributed by atoms with van der Waals surface area (Å²) in [4.78, 5) is 36.2. The number of nitro benzene ring substituents is 1. The summed E-state index contributed by atoms with van der Waals surface area (Å²) in [5, 5.41) is 19.7. The Morgan fingerprint density at radius 2 is 1.93 bits per heavy atom. The molecule has 8 nitrogen and oxygen atoms in total. The second-order valence-electron chi connectivity index (χ2n) is 5.29. The number of nitriles is 1. The molecule has 0 atom stereocenters. The highest BCUT2D eigenvalue weighted by molar-refractivity contribution is 9.10. The smallest absolute Gasteiger partial charge is 0.338 e. The van der Waals surface area contributed by atoms with Gasteiger partial charge < -0.3 is 9.64 Å². The Morgan fingerprint density at radius 3 is 2.56 bits per heavy atom. The van der Waals surface area contributed by atoms with E-state index in [1.807, 2.05) is 6.07 Å². The van der Waals surface area contributed by atoms with Crippen LogP contribution in [0.15, 0.2) is 53.0 Å². The molecule has 0 aromatic heterocycles. The number of hydrogen-bond donors (Lipinski definition) is 0. The van der Waals surface area contributed by atoms with Gasteiger partial charge in [0, 0.05) is 18.3 Å². The van der Waals surface area contributed by atoms with Crippen LogP contribution in [0.25, 0.3) is 0 Å². The van der Waals surface area contributed by atoms with Crippen LogP contribution in [0.4, 0.5) is 11.4 Å². The number of carbonyl (C=O) groups is 2. The van der Waals surface area contributed by atoms with Crippen molar-refractivity contribution < 1.29 is 19.2 Å². The molecule has 0 radical (unpaired) electrons. The highest BCUT2D eigenvalue weighted by Gasteiger charge is 2.20. The summed E-state index contributed by atoms with van der Waals surface area (Å²) in [6.07, 6.45) is 0.119. The van der Waals surface area contributed by atoms with Gasteiger partial charge in [-0.15, -0.1) is 0 Å². The number of nitrogens with zero attached hydrogens (tertiary/aromatic N) is 3. The van der Waals surface area contributed by atoms with Crippen molar-refractivity contribution >= 4 is 39.2 Å². The van der Waals surface area contributed by atoms with Gasteiger partial charge in [0.15, 0.2) is 6.61 Å². The van der Waals surface area contributed by atoms with Gasteiger partial charge in [-0.3, -0.25) is 14.9 Å². The molecule has 2 rings (SSSR count). The van der Waals surface area contributed by atoms with E-state index in [9.17, 15) is 19.7 Å². The van der Waals surface area contributed by atoms with Crippen LogP contribution in [-0.4, -0.2) is 30.0 Å². The lowest BCUT2D eigenvalue weighted by Gasteiger charge is -2.21. The van der Waals surface area contributed by atoms with E-state index < -0.39 is 23.4 Å². The van der Waals surface area contributed by atoms with Crippen LogP contribution in [0, 0.1) is 21.4 Å². The molecule has 27 heavy (non-hydrogen) atoms. The molecule has 0 spiro atoms. The number of rotatable bonds is 7. The van der Waals surface area contributed by atoms with Crippen LogP contribution < -0.4 is 4.90 Å². The lowest BCUT2D eigenvalue weighted by Crippen LogP contribution is -2.35. The lowest BCUT2D eigenvalue weighted by molar-refractivity contribution is -0.385. The maximum atomic E-state index is 12.4. The largest absolute Gasteiger partial charge is 0.452 e. The second-order valence-corrected chi connectivity index (χ2v) is 6.14. The molecule has 0 saturated carbocycles. The Kier molecular flexibility index (Phi) is 7.02. The Labute approximate surface area is 163 Å². The minimum atomic E-state index is -0.854. The first kappa shape index (κ1) is 20.1. The third-order valence-electron chi connectivity index (χ3n) is 3.52. The van der Waals surface area contributed by atoms with Crippen molar-refractivity contribution in [2.45, 2.75) is 6.42 Å². The monoisotopic (exact) mass is 431 g/mol. The van der Waals surface area contributed by atoms with E-state index >= 15 is 0 Å². The van der Waals surface area contributed by atoms with E-state index in [1.165, 1.54) is 17.0 Å². The van der Waals surface area contributed by atoms with E-state index in [2.05, 4.69) is 15.9 Å². The minimum absolute atomic E-state index is 0.0408. The molecule has 138 valence electrons. The molecule has 9 heteroatoms. The van der Waals surface area contributed by atoms with Crippen molar-refractivity contribution in [1.29, 1.82) is 5.26 Å². The van der Waals surface area contributed by atoms with E-state index in [0.29, 0.717) is 5.69 Å². The van der Waals surface area contributed by atoms with Crippen LogP contribution in [0.2, 0.25) is 0 Å². The summed E-state index contributed by atoms with van der Waals surface area (Å²) in [6, 6.07) is 14.4. The summed E-state index contributed by atoms with van der Waals surface area (Å²) < 4.78 is 5.22. The fourth-order valence-electron chi connectivity index (χ4n) is 2.24. The van der Waals surface area contributed by atoms with Crippen molar-refractivity contribution in [3.05, 3.63) is 68.7 Å². The molecule has 1 amide bonds. The van der Waals surface area contributed by atoms with Crippen molar-refractivity contribution in [3.63, 3.8) is 0 Å². The van der Waals surface area contributed by atoms with Crippen LogP contribution in [-0.2, 0) is 9.53 Å². The standard InChI is InChI=1S/C18H14BrN3O5/c19-15-8-7-13(11-16(15)22(25)26)18(24)27-12-17(23)21(10-4-9-20)14-5-2-1-3-6-14/h1-3,5-8,11H,4,10,12H2. The van der Waals surface area contributed by atoms with Gasteiger partial charge in [-0.25, -0.2) is 4.79 Å². The number of carbonyl (C=O) groups excluding carboxylic acids is 2. The van der Waals surface area contributed by atoms with Crippen molar-refractivity contribution in [1.82, 2.24) is 0 Å². The SMILES string of the molecule is N#CCCN(C(=O)COC(=O)c1ccc(Br)c([N+](=O)[O-])c1)c1ccccc1. The molecule has 0 fully saturated rings. The first-order valence-corrected chi connectivity index (χ1v) is 8.56. The lowest BCUT2D eigenvalue weighted by atomic mass is 10.2. The third-order valence-corrected chi connectivity index (χ3v) is 4.19. The van der Waals surface area contributed by atoms with Gasteiger partial charge in [0.05, 0.1) is 27.4 Å². The van der Waals surface area contributed by atoms with Crippen LogP contribution in [0.1, 0.15) is 16.8 Å². The Hall–Kier alpha value is -3.25. The van der Waals surface area contributed by atoms with E-state index in [-0.39, 0.29) is 28.7 Å². The number of nitro groups is 1. The Bertz CT molecular complexity index is 896. The summed E-state index contributed by atoms with van der Waals surface area (Å²) in [7, 11) is 0. The molecular formula is C18H14BrN3O5. The number of amides is 1. The van der Waals surface area contributed by atoms with E-state index in [0.717, 1.165) is 6.07 Å². The first-order chi connectivity index (χ1) is 12.9. The zero-order chi connectivity index (χ0) is 19.8. The van der Waals surface area contributed by atoms with Gasteiger partial charge in [-0.1, -0.05) is 18.2 Å². The summed E-state index contributed by atoms with van der Waals surface area (Å²) in [5.41, 5.74) is 0.254. The zero-order valence-corrected chi connectivity index (χ0v) is 15.6. The molecule has 0 aliphatic carbocycles. The third kappa shape index (κ3) is 5.36. The van der Waals surface area contributed by atoms with Crippen molar-refractivity contribution in [3.8, 4) is 6.07 Å². The van der Waals surface area contributed by atoms with Gasteiger partial charge in [0.1, 0.15) is 0 Å². The quantitative estimate of drug-likeness (QED) is 0.376. The first-order valence-electron chi connectivity index (χ1n) is 7.77. The molecular weight excluding hydrogens is 418 g/mol. The maximum absolute atomic E-state index is 12.4. The predicted octanol–water partition coefficient (Wildman–Crippen LogP) is 3.46. The highest BCUT2D eigenvalue weighted by Crippen LogP contribution is 2.26. The number of esters is 1. The minimum Gasteiger partial charge on any atom is -0.452 e. The zero-order valence-electron chi connectivity index (χ0n) is 14.0. The number of benzene rings is 2. The molecule has 2 aromatic carbocycles. The fraction of sp³-hybridized carbons (Fsp3) is 0.167. The molecule has 0 bridgehead atoms. The fourth-order valence-corrected chi connectivity index (χ4v) is 2.63. The molecule has 0 heterocycles. The van der Waals surface area contributed by atoms with Crippen LogP contribution >= 0.6 is 15.9 Å². The number of hydrogen-bond acceptors (Lipinski definition) is 6. The summed E-state index contributed by atoms with van der Waals surface area (Å²) in [5.74, 6) is -1.36. The molecule has 0 aliphatic heterocycles. The Balaban J connectivity index is 2.08. The predicted molar refractivity (Wildman–Crippen MR) is 100 cm³/mol. The molecule has 0 unspecified atom stereocenters. The second kappa shape index (κ2) is 9.45. The van der Waals surface area contributed by atoms with Crippen molar-refractivity contribution in [2.75, 3.05) is 18.1 Å². The van der Waals surface area contributed by atoms with Gasteiger partial charge in [0.25, 0.3) is 11.6 Å². The molecule has 0 aliphatic rings. The van der Waals surface area contributed by atoms with Crippen molar-refractivity contribution in [2.24, 2.45) is 0 Å². The van der Waals surface area contributed by atoms with Crippen LogP contribution in [0.3, 0.4) is 0 Å². The van der Waals surface area contributed by atoms with E-state index in [1.54, 1.807) is 30.3 Å². The average Bonchev–Trinajstić information content (AvgIpc) is 2.67.